The number of aliphatic hydroxyl groups excluding tert-OH is 1. The van der Waals surface area contributed by atoms with Gasteiger partial charge in [0.15, 0.2) is 0 Å². The Labute approximate surface area is 138 Å². The average Bonchev–Trinajstić information content (AvgIpc) is 2.35. The molecule has 0 bridgehead atoms. The summed E-state index contributed by atoms with van der Waals surface area (Å²) in [5, 5.41) is 12.8. The number of hydrogen-bond donors (Lipinski definition) is 2. The summed E-state index contributed by atoms with van der Waals surface area (Å²) in [7, 11) is 0. The molecule has 2 N–H and O–H groups in total. The standard InChI is InChI=1S/C18H28FNO3/c1-12(20-16(22)11-15(21)17(2,3)4)13-8-7-9-14(10-13)23-18(5,6)19/h7-10,12,15,21H,11H2,1-6H3,(H,20,22). The monoisotopic (exact) mass is 325 g/mol. The molecule has 0 saturated heterocycles. The first-order valence-electron chi connectivity index (χ1n) is 7.84. The predicted octanol–water partition coefficient (Wildman–Crippen LogP) is 3.75. The van der Waals surface area contributed by atoms with Crippen LogP contribution in [0.3, 0.4) is 0 Å². The van der Waals surface area contributed by atoms with Crippen molar-refractivity contribution in [2.45, 2.75) is 66.0 Å². The van der Waals surface area contributed by atoms with E-state index in [9.17, 15) is 14.3 Å². The molecule has 1 aromatic carbocycles. The van der Waals surface area contributed by atoms with Crippen molar-refractivity contribution in [3.8, 4) is 5.75 Å². The first-order chi connectivity index (χ1) is 10.4. The molecule has 1 rings (SSSR count). The Morgan fingerprint density at radius 2 is 1.91 bits per heavy atom. The number of benzene rings is 1. The van der Waals surface area contributed by atoms with E-state index in [0.29, 0.717) is 5.75 Å². The van der Waals surface area contributed by atoms with Gasteiger partial charge in [-0.2, -0.15) is 4.39 Å². The minimum Gasteiger partial charge on any atom is -0.459 e. The van der Waals surface area contributed by atoms with Gasteiger partial charge in [0.1, 0.15) is 5.75 Å². The van der Waals surface area contributed by atoms with E-state index in [1.165, 1.54) is 13.8 Å². The Balaban J connectivity index is 2.69. The fourth-order valence-electron chi connectivity index (χ4n) is 1.99. The van der Waals surface area contributed by atoms with Crippen LogP contribution in [0.2, 0.25) is 0 Å². The lowest BCUT2D eigenvalue weighted by atomic mass is 9.87. The minimum absolute atomic E-state index is 0.0432. The summed E-state index contributed by atoms with van der Waals surface area (Å²) >= 11 is 0. The second-order valence-corrected chi connectivity index (χ2v) is 7.41. The van der Waals surface area contributed by atoms with Gasteiger partial charge in [0.2, 0.25) is 11.8 Å². The Hall–Kier alpha value is -1.62. The number of rotatable bonds is 6. The molecule has 0 aliphatic heterocycles. The van der Waals surface area contributed by atoms with E-state index >= 15 is 0 Å². The highest BCUT2D eigenvalue weighted by Crippen LogP contribution is 2.24. The van der Waals surface area contributed by atoms with Gasteiger partial charge >= 0.3 is 0 Å². The number of carbonyl (C=O) groups is 1. The second kappa shape index (κ2) is 7.30. The van der Waals surface area contributed by atoms with E-state index in [-0.39, 0.29) is 23.8 Å². The highest BCUT2D eigenvalue weighted by Gasteiger charge is 2.25. The zero-order chi connectivity index (χ0) is 17.8. The largest absolute Gasteiger partial charge is 0.459 e. The fraction of sp³-hybridized carbons (Fsp3) is 0.611. The van der Waals surface area contributed by atoms with Gasteiger partial charge in [-0.3, -0.25) is 4.79 Å². The van der Waals surface area contributed by atoms with Crippen molar-refractivity contribution in [2.75, 3.05) is 0 Å². The summed E-state index contributed by atoms with van der Waals surface area (Å²) in [6, 6.07) is 6.70. The number of aliphatic hydroxyl groups is 1. The van der Waals surface area contributed by atoms with Gasteiger partial charge in [-0.1, -0.05) is 32.9 Å². The van der Waals surface area contributed by atoms with Crippen molar-refractivity contribution in [2.24, 2.45) is 5.41 Å². The van der Waals surface area contributed by atoms with Crippen molar-refractivity contribution < 1.29 is 19.0 Å². The number of alkyl halides is 1. The number of halogens is 1. The summed E-state index contributed by atoms with van der Waals surface area (Å²) in [5.74, 6) is -1.58. The van der Waals surface area contributed by atoms with Gasteiger partial charge in [0, 0.05) is 13.8 Å². The van der Waals surface area contributed by atoms with Crippen LogP contribution in [-0.2, 0) is 4.79 Å². The molecule has 1 aromatic rings. The smallest absolute Gasteiger partial charge is 0.242 e. The Morgan fingerprint density at radius 1 is 1.30 bits per heavy atom. The molecule has 0 heterocycles. The van der Waals surface area contributed by atoms with E-state index in [1.807, 2.05) is 33.8 Å². The van der Waals surface area contributed by atoms with Crippen LogP contribution in [0.5, 0.6) is 5.75 Å². The van der Waals surface area contributed by atoms with Crippen LogP contribution in [0.1, 0.15) is 59.6 Å². The maximum absolute atomic E-state index is 13.6. The number of ether oxygens (including phenoxy) is 1. The van der Waals surface area contributed by atoms with Crippen LogP contribution >= 0.6 is 0 Å². The summed E-state index contributed by atoms with van der Waals surface area (Å²) in [4.78, 5) is 12.0. The summed E-state index contributed by atoms with van der Waals surface area (Å²) in [6.07, 6.45) is -0.668. The third-order valence-electron chi connectivity index (χ3n) is 3.47. The molecule has 23 heavy (non-hydrogen) atoms. The van der Waals surface area contributed by atoms with Crippen molar-refractivity contribution in [1.29, 1.82) is 0 Å². The average molecular weight is 325 g/mol. The summed E-state index contributed by atoms with van der Waals surface area (Å²) in [6.45, 7) is 10.1. The highest BCUT2D eigenvalue weighted by molar-refractivity contribution is 5.77. The fourth-order valence-corrected chi connectivity index (χ4v) is 1.99. The third-order valence-corrected chi connectivity index (χ3v) is 3.47. The van der Waals surface area contributed by atoms with Crippen LogP contribution in [0.15, 0.2) is 24.3 Å². The normalized spacial score (nSPS) is 15.0. The molecule has 0 aliphatic rings. The Morgan fingerprint density at radius 3 is 2.43 bits per heavy atom. The molecule has 0 saturated carbocycles. The molecule has 130 valence electrons. The molecular weight excluding hydrogens is 297 g/mol. The van der Waals surface area contributed by atoms with Gasteiger partial charge in [-0.25, -0.2) is 0 Å². The van der Waals surface area contributed by atoms with Gasteiger partial charge in [0.25, 0.3) is 0 Å². The van der Waals surface area contributed by atoms with E-state index in [2.05, 4.69) is 5.32 Å². The summed E-state index contributed by atoms with van der Waals surface area (Å²) < 4.78 is 18.7. The first kappa shape index (κ1) is 19.4. The van der Waals surface area contributed by atoms with Gasteiger partial charge < -0.3 is 15.2 Å². The van der Waals surface area contributed by atoms with Crippen molar-refractivity contribution in [1.82, 2.24) is 5.32 Å². The summed E-state index contributed by atoms with van der Waals surface area (Å²) in [5.41, 5.74) is 0.464. The van der Waals surface area contributed by atoms with Crippen LogP contribution in [0.4, 0.5) is 4.39 Å². The quantitative estimate of drug-likeness (QED) is 0.837. The van der Waals surface area contributed by atoms with Crippen molar-refractivity contribution in [3.05, 3.63) is 29.8 Å². The molecule has 2 unspecified atom stereocenters. The van der Waals surface area contributed by atoms with E-state index in [0.717, 1.165) is 5.56 Å². The number of nitrogens with one attached hydrogen (secondary N) is 1. The van der Waals surface area contributed by atoms with Gasteiger partial charge in [-0.15, -0.1) is 0 Å². The lowest BCUT2D eigenvalue weighted by Gasteiger charge is -2.26. The maximum atomic E-state index is 13.6. The van der Waals surface area contributed by atoms with Crippen molar-refractivity contribution >= 4 is 5.91 Å². The predicted molar refractivity (Wildman–Crippen MR) is 88.9 cm³/mol. The molecule has 1 amide bonds. The third kappa shape index (κ3) is 6.99. The molecule has 2 atom stereocenters. The van der Waals surface area contributed by atoms with Crippen LogP contribution in [0, 0.1) is 5.41 Å². The lowest BCUT2D eigenvalue weighted by Crippen LogP contribution is -2.35. The molecule has 0 spiro atoms. The zero-order valence-corrected chi connectivity index (χ0v) is 14.8. The van der Waals surface area contributed by atoms with Crippen LogP contribution < -0.4 is 10.1 Å². The lowest BCUT2D eigenvalue weighted by molar-refractivity contribution is -0.125. The topological polar surface area (TPSA) is 58.6 Å². The molecule has 4 nitrogen and oxygen atoms in total. The van der Waals surface area contributed by atoms with Crippen LogP contribution in [-0.4, -0.2) is 23.0 Å². The molecule has 0 aromatic heterocycles. The zero-order valence-electron chi connectivity index (χ0n) is 14.8. The maximum Gasteiger partial charge on any atom is 0.242 e. The second-order valence-electron chi connectivity index (χ2n) is 7.41. The van der Waals surface area contributed by atoms with E-state index in [1.54, 1.807) is 18.2 Å². The van der Waals surface area contributed by atoms with Gasteiger partial charge in [-0.05, 0) is 30.0 Å². The molecule has 0 radical (unpaired) electrons. The molecule has 0 fully saturated rings. The number of carbonyl (C=O) groups excluding carboxylic acids is 1. The Bertz CT molecular complexity index is 532. The number of hydrogen-bond acceptors (Lipinski definition) is 3. The number of amides is 1. The van der Waals surface area contributed by atoms with Crippen molar-refractivity contribution in [3.63, 3.8) is 0 Å². The first-order valence-corrected chi connectivity index (χ1v) is 7.84. The Kier molecular flexibility index (Phi) is 6.17. The minimum atomic E-state index is -1.76. The van der Waals surface area contributed by atoms with E-state index in [4.69, 9.17) is 4.74 Å². The molecule has 0 aliphatic carbocycles. The highest BCUT2D eigenvalue weighted by atomic mass is 19.2. The van der Waals surface area contributed by atoms with Gasteiger partial charge in [0.05, 0.1) is 18.6 Å². The molecular formula is C18H28FNO3. The van der Waals surface area contributed by atoms with Crippen LogP contribution in [0.25, 0.3) is 0 Å². The SMILES string of the molecule is CC(NC(=O)CC(O)C(C)(C)C)c1cccc(OC(C)(C)F)c1. The molecule has 5 heteroatoms. The van der Waals surface area contributed by atoms with E-state index < -0.39 is 12.0 Å².